The van der Waals surface area contributed by atoms with Crippen LogP contribution in [-0.2, 0) is 23.8 Å². The van der Waals surface area contributed by atoms with E-state index >= 15 is 0 Å². The van der Waals surface area contributed by atoms with Crippen molar-refractivity contribution in [1.82, 2.24) is 5.32 Å². The molecule has 0 aromatic heterocycles. The molecule has 0 radical (unpaired) electrons. The third-order valence-corrected chi connectivity index (χ3v) is 13.3. The Morgan fingerprint density at radius 2 is 0.958 bits per heavy atom. The van der Waals surface area contributed by atoms with Gasteiger partial charge in [-0.1, -0.05) is 203 Å². The minimum Gasteiger partial charge on any atom is -0.465 e. The van der Waals surface area contributed by atoms with Crippen molar-refractivity contribution in [3.8, 4) is 0 Å². The minimum atomic E-state index is -1.58. The van der Waals surface area contributed by atoms with Crippen molar-refractivity contribution in [3.63, 3.8) is 0 Å². The molecule has 1 aliphatic rings. The van der Waals surface area contributed by atoms with E-state index in [9.17, 15) is 35.1 Å². The second kappa shape index (κ2) is 49.6. The molecule has 1 heterocycles. The van der Waals surface area contributed by atoms with Gasteiger partial charge in [-0.05, 0) is 89.9 Å². The standard InChI is InChI=1S/C60H107NO10/c1-3-5-7-9-11-13-15-28-32-36-40-44-48-56(65)69-49-45-41-37-33-29-26-24-22-20-18-16-17-19-21-23-25-27-31-35-39-43-47-55(64)61-52(51-70-60-59(68)58(67)57(66)54(50-62)71-60)53(63)46-42-38-34-30-14-12-10-8-6-4-2/h11,13-14,26,29-30,37,41-42,46,52-54,57-60,62-63,66-68H,3-10,12,15-25,27-28,31-36,38-40,43-45,47-51H2,1-2H3,(H,61,64)/b13-11-,29-26-,30-14+,41-37-,46-42+. The summed E-state index contributed by atoms with van der Waals surface area (Å²) in [5.41, 5.74) is 0. The lowest BCUT2D eigenvalue weighted by atomic mass is 9.99. The van der Waals surface area contributed by atoms with E-state index in [0.717, 1.165) is 77.0 Å². The number of carbonyl (C=O) groups excluding carboxylic acids is 2. The molecule has 0 bridgehead atoms. The van der Waals surface area contributed by atoms with Crippen molar-refractivity contribution in [2.24, 2.45) is 0 Å². The zero-order chi connectivity index (χ0) is 51.7. The van der Waals surface area contributed by atoms with E-state index in [-0.39, 0.29) is 18.5 Å². The van der Waals surface area contributed by atoms with Crippen molar-refractivity contribution >= 4 is 11.9 Å². The van der Waals surface area contributed by atoms with Gasteiger partial charge in [-0.25, -0.2) is 0 Å². The molecule has 7 atom stereocenters. The number of hydrogen-bond acceptors (Lipinski definition) is 10. The lowest BCUT2D eigenvalue weighted by Gasteiger charge is -2.40. The average Bonchev–Trinajstić information content (AvgIpc) is 3.37. The second-order valence-corrected chi connectivity index (χ2v) is 20.0. The second-order valence-electron chi connectivity index (χ2n) is 20.0. The molecule has 11 heteroatoms. The van der Waals surface area contributed by atoms with Gasteiger partial charge in [-0.3, -0.25) is 9.59 Å². The maximum atomic E-state index is 13.0. The summed E-state index contributed by atoms with van der Waals surface area (Å²) in [6.07, 6.45) is 53.4. The Bertz CT molecular complexity index is 1360. The Balaban J connectivity index is 2.08. The van der Waals surface area contributed by atoms with Crippen molar-refractivity contribution in [3.05, 3.63) is 60.8 Å². The highest BCUT2D eigenvalue weighted by Crippen LogP contribution is 2.23. The van der Waals surface area contributed by atoms with Crippen LogP contribution in [0.3, 0.4) is 0 Å². The maximum absolute atomic E-state index is 13.0. The SMILES string of the molecule is CCCCC/C=C\CCCCCCCC(=O)OCC/C=C\C/C=C\CCCCCCCCCCCCCCCCC(=O)NC(COC1OC(CO)C(O)C(O)C1O)C(O)/C=C/CC/C=C/CCCCCC. The third kappa shape index (κ3) is 39.5. The normalized spacial score (nSPS) is 19.6. The molecule has 0 aliphatic carbocycles. The van der Waals surface area contributed by atoms with E-state index in [1.807, 2.05) is 6.08 Å². The number of amides is 1. The van der Waals surface area contributed by atoms with E-state index in [1.165, 1.54) is 141 Å². The van der Waals surface area contributed by atoms with Crippen LogP contribution >= 0.6 is 0 Å². The van der Waals surface area contributed by atoms with Crippen LogP contribution in [-0.4, -0.2) is 100 Å². The number of aliphatic hydroxyl groups is 5. The van der Waals surface area contributed by atoms with Gasteiger partial charge in [0.25, 0.3) is 0 Å². The van der Waals surface area contributed by atoms with E-state index in [2.05, 4.69) is 67.8 Å². The number of rotatable bonds is 49. The summed E-state index contributed by atoms with van der Waals surface area (Å²) < 4.78 is 16.6. The van der Waals surface area contributed by atoms with Crippen molar-refractivity contribution in [2.75, 3.05) is 19.8 Å². The molecule has 71 heavy (non-hydrogen) atoms. The molecule has 1 aliphatic heterocycles. The molecule has 11 nitrogen and oxygen atoms in total. The summed E-state index contributed by atoms with van der Waals surface area (Å²) >= 11 is 0. The molecule has 6 N–H and O–H groups in total. The number of ether oxygens (including phenoxy) is 3. The lowest BCUT2D eigenvalue weighted by molar-refractivity contribution is -0.302. The summed E-state index contributed by atoms with van der Waals surface area (Å²) in [5, 5.41) is 54.2. The van der Waals surface area contributed by atoms with Crippen molar-refractivity contribution in [1.29, 1.82) is 0 Å². The average molecular weight is 1000 g/mol. The number of unbranched alkanes of at least 4 members (excludes halogenated alkanes) is 27. The highest BCUT2D eigenvalue weighted by atomic mass is 16.7. The van der Waals surface area contributed by atoms with Crippen LogP contribution in [0, 0.1) is 0 Å². The topological polar surface area (TPSA) is 175 Å². The Kier molecular flexibility index (Phi) is 46.3. The van der Waals surface area contributed by atoms with E-state index < -0.39 is 49.5 Å². The zero-order valence-corrected chi connectivity index (χ0v) is 45.2. The number of esters is 1. The molecule has 0 aromatic rings. The molecule has 1 amide bonds. The summed E-state index contributed by atoms with van der Waals surface area (Å²) in [5.74, 6) is -0.260. The highest BCUT2D eigenvalue weighted by Gasteiger charge is 2.44. The smallest absolute Gasteiger partial charge is 0.305 e. The maximum Gasteiger partial charge on any atom is 0.305 e. The summed E-state index contributed by atoms with van der Waals surface area (Å²) in [6, 6.07) is -0.831. The summed E-state index contributed by atoms with van der Waals surface area (Å²) in [6.45, 7) is 4.14. The first kappa shape index (κ1) is 66.4. The number of nitrogens with one attached hydrogen (secondary N) is 1. The first-order valence-corrected chi connectivity index (χ1v) is 29.1. The van der Waals surface area contributed by atoms with Gasteiger partial charge < -0.3 is 45.1 Å². The van der Waals surface area contributed by atoms with Gasteiger partial charge in [0.2, 0.25) is 5.91 Å². The molecular weight excluding hydrogens is 895 g/mol. The molecule has 1 rings (SSSR count). The van der Waals surface area contributed by atoms with Crippen LogP contribution in [0.15, 0.2) is 60.8 Å². The van der Waals surface area contributed by atoms with Gasteiger partial charge in [0, 0.05) is 12.8 Å². The number of carbonyl (C=O) groups is 2. The minimum absolute atomic E-state index is 0.0600. The van der Waals surface area contributed by atoms with Crippen molar-refractivity contribution in [2.45, 2.75) is 288 Å². The number of hydrogen-bond donors (Lipinski definition) is 6. The predicted octanol–water partition coefficient (Wildman–Crippen LogP) is 13.1. The van der Waals surface area contributed by atoms with Gasteiger partial charge in [0.05, 0.1) is 32.0 Å². The monoisotopic (exact) mass is 1000 g/mol. The van der Waals surface area contributed by atoms with E-state index in [0.29, 0.717) is 19.4 Å². The zero-order valence-electron chi connectivity index (χ0n) is 45.2. The Morgan fingerprint density at radius 1 is 0.521 bits per heavy atom. The fourth-order valence-corrected chi connectivity index (χ4v) is 8.69. The van der Waals surface area contributed by atoms with Gasteiger partial charge in [-0.2, -0.15) is 0 Å². The molecule has 412 valence electrons. The van der Waals surface area contributed by atoms with E-state index in [1.54, 1.807) is 6.08 Å². The molecule has 0 saturated carbocycles. The summed E-state index contributed by atoms with van der Waals surface area (Å²) in [4.78, 5) is 25.0. The largest absolute Gasteiger partial charge is 0.465 e. The van der Waals surface area contributed by atoms with Gasteiger partial charge in [0.15, 0.2) is 6.29 Å². The van der Waals surface area contributed by atoms with Crippen LogP contribution < -0.4 is 5.32 Å². The van der Waals surface area contributed by atoms with Gasteiger partial charge >= 0.3 is 5.97 Å². The Morgan fingerprint density at radius 3 is 1.51 bits per heavy atom. The van der Waals surface area contributed by atoms with Gasteiger partial charge in [0.1, 0.15) is 24.4 Å². The first-order valence-electron chi connectivity index (χ1n) is 29.1. The fraction of sp³-hybridized carbons (Fsp3) is 0.800. The van der Waals surface area contributed by atoms with E-state index in [4.69, 9.17) is 14.2 Å². The van der Waals surface area contributed by atoms with Crippen LogP contribution in [0.1, 0.15) is 245 Å². The van der Waals surface area contributed by atoms with Crippen LogP contribution in [0.5, 0.6) is 0 Å². The van der Waals surface area contributed by atoms with Crippen LogP contribution in [0.25, 0.3) is 0 Å². The molecule has 1 saturated heterocycles. The number of aliphatic hydroxyl groups excluding tert-OH is 5. The summed E-state index contributed by atoms with van der Waals surface area (Å²) in [7, 11) is 0. The molecule has 7 unspecified atom stereocenters. The molecular formula is C60H107NO10. The Hall–Kier alpha value is -2.64. The Labute approximate surface area is 433 Å². The lowest BCUT2D eigenvalue weighted by Crippen LogP contribution is -2.60. The van der Waals surface area contributed by atoms with Crippen LogP contribution in [0.4, 0.5) is 0 Å². The molecule has 0 spiro atoms. The molecule has 1 fully saturated rings. The first-order chi connectivity index (χ1) is 34.7. The number of allylic oxidation sites excluding steroid dienone is 8. The third-order valence-electron chi connectivity index (χ3n) is 13.3. The molecule has 0 aromatic carbocycles. The van der Waals surface area contributed by atoms with Gasteiger partial charge in [-0.15, -0.1) is 0 Å². The fourth-order valence-electron chi connectivity index (χ4n) is 8.69. The quantitative estimate of drug-likeness (QED) is 0.0195. The predicted molar refractivity (Wildman–Crippen MR) is 292 cm³/mol. The highest BCUT2D eigenvalue weighted by molar-refractivity contribution is 5.76. The van der Waals surface area contributed by atoms with Crippen molar-refractivity contribution < 1.29 is 49.3 Å². The van der Waals surface area contributed by atoms with Crippen LogP contribution in [0.2, 0.25) is 0 Å².